The lowest BCUT2D eigenvalue weighted by atomic mass is 10.1. The number of hydrogen-bond donors (Lipinski definition) is 1. The van der Waals surface area contributed by atoms with Gasteiger partial charge in [0.15, 0.2) is 0 Å². The van der Waals surface area contributed by atoms with Crippen LogP contribution in [-0.2, 0) is 0 Å². The van der Waals surface area contributed by atoms with Gasteiger partial charge >= 0.3 is 0 Å². The zero-order valence-electron chi connectivity index (χ0n) is 19.9. The van der Waals surface area contributed by atoms with Crippen LogP contribution in [0.3, 0.4) is 0 Å². The van der Waals surface area contributed by atoms with Crippen LogP contribution >= 0.6 is 23.1 Å². The van der Waals surface area contributed by atoms with Crippen molar-refractivity contribution < 1.29 is 0 Å². The first-order valence-corrected chi connectivity index (χ1v) is 13.9. The molecule has 178 valence electrons. The fraction of sp³-hybridized carbons (Fsp3) is 0.0312. The van der Waals surface area contributed by atoms with Crippen molar-refractivity contribution in [2.24, 2.45) is 0 Å². The zero-order valence-corrected chi connectivity index (χ0v) is 21.5. The Kier molecular flexibility index (Phi) is 5.65. The number of anilines is 4. The Morgan fingerprint density at radius 1 is 0.622 bits per heavy atom. The summed E-state index contributed by atoms with van der Waals surface area (Å²) in [6.45, 7) is 0. The van der Waals surface area contributed by atoms with Crippen LogP contribution in [0.1, 0.15) is 10.9 Å². The Bertz CT molecular complexity index is 1620. The van der Waals surface area contributed by atoms with Gasteiger partial charge in [-0.15, -0.1) is 11.3 Å². The van der Waals surface area contributed by atoms with Crippen LogP contribution < -0.4 is 10.2 Å². The first-order valence-electron chi connectivity index (χ1n) is 12.3. The molecule has 3 nitrogen and oxygen atoms in total. The van der Waals surface area contributed by atoms with E-state index in [1.807, 2.05) is 17.8 Å². The summed E-state index contributed by atoms with van der Waals surface area (Å²) in [5.41, 5.74) is 8.04. The molecule has 1 aromatic heterocycles. The lowest BCUT2D eigenvalue weighted by Crippen LogP contribution is -2.10. The van der Waals surface area contributed by atoms with Gasteiger partial charge < -0.3 is 10.2 Å². The monoisotopic (exact) mass is 513 g/mol. The van der Waals surface area contributed by atoms with E-state index < -0.39 is 0 Å². The van der Waals surface area contributed by atoms with E-state index in [4.69, 9.17) is 4.98 Å². The van der Waals surface area contributed by atoms with E-state index >= 15 is 0 Å². The second-order valence-electron chi connectivity index (χ2n) is 8.93. The van der Waals surface area contributed by atoms with E-state index in [0.29, 0.717) is 0 Å². The molecular weight excluding hydrogens is 491 g/mol. The van der Waals surface area contributed by atoms with Gasteiger partial charge in [-0.25, -0.2) is 4.98 Å². The Morgan fingerprint density at radius 3 is 2.03 bits per heavy atom. The van der Waals surface area contributed by atoms with Crippen LogP contribution in [-0.4, -0.2) is 4.98 Å². The molecule has 7 rings (SSSR count). The van der Waals surface area contributed by atoms with Crippen molar-refractivity contribution in [3.8, 4) is 10.6 Å². The number of hydrogen-bond acceptors (Lipinski definition) is 5. The maximum Gasteiger partial charge on any atom is 0.124 e. The summed E-state index contributed by atoms with van der Waals surface area (Å²) in [7, 11) is 0. The summed E-state index contributed by atoms with van der Waals surface area (Å²) in [5, 5.41) is 4.91. The zero-order chi connectivity index (χ0) is 24.6. The number of nitrogens with one attached hydrogen (secondary N) is 1. The van der Waals surface area contributed by atoms with E-state index in [1.54, 1.807) is 11.3 Å². The van der Waals surface area contributed by atoms with Crippen LogP contribution in [0.2, 0.25) is 0 Å². The van der Waals surface area contributed by atoms with Gasteiger partial charge in [0.1, 0.15) is 10.4 Å². The molecule has 5 heteroatoms. The first-order chi connectivity index (χ1) is 18.3. The van der Waals surface area contributed by atoms with Gasteiger partial charge in [0.2, 0.25) is 0 Å². The molecule has 0 spiro atoms. The minimum Gasteiger partial charge on any atom is -0.368 e. The van der Waals surface area contributed by atoms with E-state index in [1.165, 1.54) is 20.8 Å². The highest BCUT2D eigenvalue weighted by Gasteiger charge is 2.22. The average Bonchev–Trinajstić information content (AvgIpc) is 3.59. The molecule has 0 aliphatic carbocycles. The number of nitrogens with zero attached hydrogens (tertiary/aromatic N) is 2. The van der Waals surface area contributed by atoms with Crippen molar-refractivity contribution in [3.63, 3.8) is 0 Å². The third-order valence-electron chi connectivity index (χ3n) is 6.55. The SMILES string of the molecule is c1ccc(N(c2ccc(-c3nc4ccccc4s3)cc2)c2ccc(C3Nc4ccccc4S3)cc2)cc1. The van der Waals surface area contributed by atoms with Crippen molar-refractivity contribution in [1.82, 2.24) is 4.98 Å². The Hall–Kier alpha value is -4.06. The highest BCUT2D eigenvalue weighted by molar-refractivity contribution is 8.00. The highest BCUT2D eigenvalue weighted by atomic mass is 32.2. The second-order valence-corrected chi connectivity index (χ2v) is 11.1. The quantitative estimate of drug-likeness (QED) is 0.248. The minimum absolute atomic E-state index is 0.227. The Morgan fingerprint density at radius 2 is 1.27 bits per heavy atom. The van der Waals surface area contributed by atoms with Crippen molar-refractivity contribution in [2.45, 2.75) is 10.3 Å². The predicted octanol–water partition coefficient (Wildman–Crippen LogP) is 9.65. The minimum atomic E-state index is 0.227. The van der Waals surface area contributed by atoms with Crippen LogP contribution in [0, 0.1) is 0 Å². The number of benzene rings is 5. The summed E-state index contributed by atoms with van der Waals surface area (Å²) < 4.78 is 1.21. The van der Waals surface area contributed by atoms with Crippen LogP contribution in [0.15, 0.2) is 132 Å². The second kappa shape index (κ2) is 9.43. The van der Waals surface area contributed by atoms with Crippen LogP contribution in [0.4, 0.5) is 22.7 Å². The highest BCUT2D eigenvalue weighted by Crippen LogP contribution is 2.46. The number of para-hydroxylation sites is 3. The molecule has 1 aliphatic heterocycles. The molecule has 5 aromatic carbocycles. The predicted molar refractivity (Wildman–Crippen MR) is 158 cm³/mol. The van der Waals surface area contributed by atoms with Crippen LogP contribution in [0.25, 0.3) is 20.8 Å². The fourth-order valence-electron chi connectivity index (χ4n) is 4.71. The maximum absolute atomic E-state index is 4.83. The normalized spacial score (nSPS) is 14.3. The standard InChI is InChI=1S/C32H23N3S2/c1-2-8-24(9-3-1)35(25-18-14-22(15-19-25)31-33-27-10-4-6-12-29(27)36-31)26-20-16-23(17-21-26)32-34-28-11-5-7-13-30(28)37-32/h1-21,31,33H. The molecule has 0 radical (unpaired) electrons. The average molecular weight is 514 g/mol. The largest absolute Gasteiger partial charge is 0.368 e. The van der Waals surface area contributed by atoms with Crippen molar-refractivity contribution >= 4 is 56.1 Å². The molecule has 0 fully saturated rings. The fourth-order valence-corrected chi connectivity index (χ4v) is 6.82. The van der Waals surface area contributed by atoms with E-state index in [9.17, 15) is 0 Å². The lowest BCUT2D eigenvalue weighted by molar-refractivity contribution is 1.13. The third kappa shape index (κ3) is 4.26. The van der Waals surface area contributed by atoms with Gasteiger partial charge in [0.25, 0.3) is 0 Å². The number of fused-ring (bicyclic) bond motifs is 2. The van der Waals surface area contributed by atoms with E-state index in [-0.39, 0.29) is 5.37 Å². The molecule has 1 unspecified atom stereocenters. The first kappa shape index (κ1) is 22.2. The molecule has 1 atom stereocenters. The molecule has 0 saturated heterocycles. The van der Waals surface area contributed by atoms with Gasteiger partial charge in [-0.1, -0.05) is 66.4 Å². The molecule has 6 aromatic rings. The molecule has 37 heavy (non-hydrogen) atoms. The van der Waals surface area contributed by atoms with Crippen molar-refractivity contribution in [3.05, 3.63) is 133 Å². The van der Waals surface area contributed by atoms with Crippen molar-refractivity contribution in [2.75, 3.05) is 10.2 Å². The Balaban J connectivity index is 1.20. The molecular formula is C32H23N3S2. The number of thiazole rings is 1. The smallest absolute Gasteiger partial charge is 0.124 e. The molecule has 1 aliphatic rings. The summed E-state index contributed by atoms with van der Waals surface area (Å²) in [6, 6.07) is 45.0. The number of thioether (sulfide) groups is 1. The third-order valence-corrected chi connectivity index (χ3v) is 8.87. The summed E-state index contributed by atoms with van der Waals surface area (Å²) in [4.78, 5) is 8.44. The van der Waals surface area contributed by atoms with Crippen molar-refractivity contribution in [1.29, 1.82) is 0 Å². The molecule has 0 bridgehead atoms. The van der Waals surface area contributed by atoms with Gasteiger partial charge in [0, 0.05) is 33.2 Å². The van der Waals surface area contributed by atoms with Crippen LogP contribution in [0.5, 0.6) is 0 Å². The van der Waals surface area contributed by atoms with E-state index in [2.05, 4.69) is 132 Å². The maximum atomic E-state index is 4.83. The van der Waals surface area contributed by atoms with Gasteiger partial charge in [0.05, 0.1) is 10.2 Å². The number of aromatic nitrogens is 1. The summed E-state index contributed by atoms with van der Waals surface area (Å²) >= 11 is 3.60. The number of rotatable bonds is 5. The Labute approximate surface area is 224 Å². The topological polar surface area (TPSA) is 28.2 Å². The molecule has 0 amide bonds. The lowest BCUT2D eigenvalue weighted by Gasteiger charge is -2.26. The van der Waals surface area contributed by atoms with E-state index in [0.717, 1.165) is 33.1 Å². The molecule has 2 heterocycles. The summed E-state index contributed by atoms with van der Waals surface area (Å²) in [6.07, 6.45) is 0. The molecule has 0 saturated carbocycles. The van der Waals surface area contributed by atoms with Gasteiger partial charge in [-0.05, 0) is 78.4 Å². The van der Waals surface area contributed by atoms with Gasteiger partial charge in [-0.2, -0.15) is 0 Å². The van der Waals surface area contributed by atoms with Gasteiger partial charge in [-0.3, -0.25) is 0 Å². The summed E-state index contributed by atoms with van der Waals surface area (Å²) in [5.74, 6) is 0. The molecule has 1 N–H and O–H groups in total.